The summed E-state index contributed by atoms with van der Waals surface area (Å²) in [6.45, 7) is 14.5. The van der Waals surface area contributed by atoms with Gasteiger partial charge in [0.05, 0.1) is 26.4 Å². The molecule has 0 bridgehead atoms. The summed E-state index contributed by atoms with van der Waals surface area (Å²) in [5.41, 5.74) is 0. The molecule has 1 heterocycles. The van der Waals surface area contributed by atoms with E-state index >= 15 is 0 Å². The lowest BCUT2D eigenvalue weighted by molar-refractivity contribution is -0.141. The minimum absolute atomic E-state index is 0.254. The number of esters is 4. The lowest BCUT2D eigenvalue weighted by Gasteiger charge is -2.50. The topological polar surface area (TPSA) is 142 Å². The van der Waals surface area contributed by atoms with E-state index in [2.05, 4.69) is 0 Å². The van der Waals surface area contributed by atoms with E-state index in [1.165, 1.54) is 27.7 Å². The Labute approximate surface area is 242 Å². The average molecular weight is 641 g/mol. The summed E-state index contributed by atoms with van der Waals surface area (Å²) in [7, 11) is -11.7. The van der Waals surface area contributed by atoms with Crippen LogP contribution in [0.25, 0.3) is 0 Å². The largest absolute Gasteiger partial charge is 0.466 e. The standard InChI is InChI=1S/C24H48O12Si4/c1-21(25)29-13-9-17-37(5)33-38(6,18-10-14-30-22(2)26)35-40(8,20-12-16-32-24(4)28)36-39(7,34-37)19-11-15-31-23(3)27/h9-20H2,1-8H3. The molecule has 0 N–H and O–H groups in total. The molecule has 1 aliphatic heterocycles. The van der Waals surface area contributed by atoms with Gasteiger partial charge in [0, 0.05) is 27.7 Å². The Bertz CT molecular complexity index is 712. The van der Waals surface area contributed by atoms with Crippen LogP contribution in [-0.2, 0) is 54.6 Å². The summed E-state index contributed by atoms with van der Waals surface area (Å²) < 4.78 is 48.3. The summed E-state index contributed by atoms with van der Waals surface area (Å²) in [5.74, 6) is -1.38. The zero-order valence-electron chi connectivity index (χ0n) is 25.4. The van der Waals surface area contributed by atoms with E-state index in [1.54, 1.807) is 0 Å². The molecule has 16 heteroatoms. The van der Waals surface area contributed by atoms with E-state index in [9.17, 15) is 19.2 Å². The fourth-order valence-electron chi connectivity index (χ4n) is 4.76. The molecule has 0 aromatic rings. The van der Waals surface area contributed by atoms with E-state index in [1.807, 2.05) is 26.2 Å². The van der Waals surface area contributed by atoms with Gasteiger partial charge >= 0.3 is 58.1 Å². The second-order valence-electron chi connectivity index (χ2n) is 10.7. The van der Waals surface area contributed by atoms with Crippen LogP contribution >= 0.6 is 0 Å². The van der Waals surface area contributed by atoms with Gasteiger partial charge in [-0.1, -0.05) is 0 Å². The van der Waals surface area contributed by atoms with Gasteiger partial charge in [-0.3, -0.25) is 19.2 Å². The first-order chi connectivity index (χ1) is 18.5. The fourth-order valence-corrected chi connectivity index (χ4v) is 27.9. The SMILES string of the molecule is CC(=O)OCCC[Si]1(C)O[Si](C)(CCCOC(C)=O)O[Si](C)(CCCOC(C)=O)O[Si](C)(CCCOC(C)=O)O1. The van der Waals surface area contributed by atoms with Gasteiger partial charge in [0.1, 0.15) is 0 Å². The van der Waals surface area contributed by atoms with Gasteiger partial charge < -0.3 is 35.4 Å². The lowest BCUT2D eigenvalue weighted by Crippen LogP contribution is -2.67. The van der Waals surface area contributed by atoms with Gasteiger partial charge in [-0.2, -0.15) is 0 Å². The minimum Gasteiger partial charge on any atom is -0.466 e. The van der Waals surface area contributed by atoms with Crippen molar-refractivity contribution in [3.05, 3.63) is 0 Å². The van der Waals surface area contributed by atoms with Gasteiger partial charge in [0.25, 0.3) is 0 Å². The molecule has 0 amide bonds. The molecular formula is C24H48O12Si4. The van der Waals surface area contributed by atoms with E-state index in [-0.39, 0.29) is 50.3 Å². The van der Waals surface area contributed by atoms with Crippen LogP contribution in [0.15, 0.2) is 0 Å². The molecule has 0 aliphatic carbocycles. The van der Waals surface area contributed by atoms with Crippen molar-refractivity contribution < 1.29 is 54.6 Å². The minimum atomic E-state index is -2.92. The highest BCUT2D eigenvalue weighted by atomic mass is 28.5. The normalized spacial score (nSPS) is 28.6. The van der Waals surface area contributed by atoms with Crippen LogP contribution in [0.3, 0.4) is 0 Å². The Hall–Kier alpha value is -1.41. The summed E-state index contributed by atoms with van der Waals surface area (Å²) in [4.78, 5) is 45.2. The van der Waals surface area contributed by atoms with Gasteiger partial charge in [0.15, 0.2) is 0 Å². The van der Waals surface area contributed by atoms with Crippen molar-refractivity contribution in [3.63, 3.8) is 0 Å². The predicted molar refractivity (Wildman–Crippen MR) is 155 cm³/mol. The maximum absolute atomic E-state index is 11.3. The van der Waals surface area contributed by atoms with Crippen molar-refractivity contribution >= 4 is 58.1 Å². The Balaban J connectivity index is 3.26. The van der Waals surface area contributed by atoms with Crippen molar-refractivity contribution in [2.24, 2.45) is 0 Å². The first-order valence-electron chi connectivity index (χ1n) is 13.8. The average Bonchev–Trinajstić information content (AvgIpc) is 2.79. The maximum Gasteiger partial charge on any atom is 0.317 e. The molecule has 1 rings (SSSR count). The number of hydrogen-bond donors (Lipinski definition) is 0. The predicted octanol–water partition coefficient (Wildman–Crippen LogP) is 4.17. The molecular weight excluding hydrogens is 593 g/mol. The van der Waals surface area contributed by atoms with Crippen LogP contribution in [-0.4, -0.2) is 84.5 Å². The van der Waals surface area contributed by atoms with Crippen molar-refractivity contribution in [3.8, 4) is 0 Å². The third-order valence-electron chi connectivity index (χ3n) is 6.05. The van der Waals surface area contributed by atoms with Crippen LogP contribution in [0, 0.1) is 0 Å². The van der Waals surface area contributed by atoms with Crippen LogP contribution < -0.4 is 0 Å². The first-order valence-corrected chi connectivity index (χ1v) is 23.9. The summed E-state index contributed by atoms with van der Waals surface area (Å²) >= 11 is 0. The number of hydrogen-bond acceptors (Lipinski definition) is 12. The molecule has 40 heavy (non-hydrogen) atoms. The van der Waals surface area contributed by atoms with Crippen LogP contribution in [0.5, 0.6) is 0 Å². The highest BCUT2D eigenvalue weighted by Crippen LogP contribution is 2.38. The monoisotopic (exact) mass is 640 g/mol. The summed E-state index contributed by atoms with van der Waals surface area (Å²) in [5, 5.41) is 0. The highest BCUT2D eigenvalue weighted by Gasteiger charge is 2.56. The molecule has 0 unspecified atom stereocenters. The smallest absolute Gasteiger partial charge is 0.317 e. The molecule has 0 radical (unpaired) electrons. The Morgan fingerprint density at radius 3 is 0.750 bits per heavy atom. The maximum atomic E-state index is 11.3. The van der Waals surface area contributed by atoms with Crippen LogP contribution in [0.4, 0.5) is 0 Å². The van der Waals surface area contributed by atoms with Crippen molar-refractivity contribution in [1.82, 2.24) is 0 Å². The molecule has 1 saturated heterocycles. The molecule has 1 fully saturated rings. The Morgan fingerprint density at radius 1 is 0.425 bits per heavy atom. The molecule has 0 aromatic carbocycles. The number of carbonyl (C=O) groups is 4. The molecule has 0 saturated carbocycles. The molecule has 0 aromatic heterocycles. The van der Waals surface area contributed by atoms with Gasteiger partial charge in [-0.05, 0) is 76.0 Å². The van der Waals surface area contributed by atoms with Crippen molar-refractivity contribution in [2.75, 3.05) is 26.4 Å². The van der Waals surface area contributed by atoms with E-state index in [0.717, 1.165) is 0 Å². The van der Waals surface area contributed by atoms with E-state index in [0.29, 0.717) is 49.9 Å². The zero-order valence-corrected chi connectivity index (χ0v) is 29.4. The van der Waals surface area contributed by atoms with E-state index < -0.39 is 34.2 Å². The van der Waals surface area contributed by atoms with Gasteiger partial charge in [0.2, 0.25) is 0 Å². The first kappa shape index (κ1) is 36.6. The highest BCUT2D eigenvalue weighted by molar-refractivity contribution is 6.93. The molecule has 1 aliphatic rings. The number of carbonyl (C=O) groups excluding carboxylic acids is 4. The second kappa shape index (κ2) is 16.9. The molecule has 0 spiro atoms. The second-order valence-corrected chi connectivity index (χ2v) is 25.1. The Morgan fingerprint density at radius 2 is 0.600 bits per heavy atom. The van der Waals surface area contributed by atoms with Crippen molar-refractivity contribution in [1.29, 1.82) is 0 Å². The van der Waals surface area contributed by atoms with E-state index in [4.69, 9.17) is 35.4 Å². The molecule has 232 valence electrons. The lowest BCUT2D eigenvalue weighted by atomic mass is 10.5. The molecule has 12 nitrogen and oxygen atoms in total. The zero-order chi connectivity index (χ0) is 30.5. The van der Waals surface area contributed by atoms with Crippen molar-refractivity contribution in [2.45, 2.75) is 104 Å². The van der Waals surface area contributed by atoms with Gasteiger partial charge in [-0.15, -0.1) is 0 Å². The third kappa shape index (κ3) is 15.6. The van der Waals surface area contributed by atoms with Gasteiger partial charge in [-0.25, -0.2) is 0 Å². The summed E-state index contributed by atoms with van der Waals surface area (Å²) in [6, 6.07) is 2.27. The quantitative estimate of drug-likeness (QED) is 0.103. The molecule has 0 atom stereocenters. The number of ether oxygens (including phenoxy) is 4. The summed E-state index contributed by atoms with van der Waals surface area (Å²) in [6.07, 6.45) is 2.26. The van der Waals surface area contributed by atoms with Crippen LogP contribution in [0.1, 0.15) is 53.4 Å². The Kier molecular flexibility index (Phi) is 15.5. The third-order valence-corrected chi connectivity index (χ3v) is 24.9. The number of rotatable bonds is 16. The van der Waals surface area contributed by atoms with Crippen LogP contribution in [0.2, 0.25) is 50.4 Å². The fraction of sp³-hybridized carbons (Fsp3) is 0.833.